The van der Waals surface area contributed by atoms with Gasteiger partial charge in [-0.25, -0.2) is 4.79 Å². The number of ether oxygens (including phenoxy) is 1. The van der Waals surface area contributed by atoms with Gasteiger partial charge < -0.3 is 10.1 Å². The number of carbonyl (C=O) groups is 1. The second-order valence-corrected chi connectivity index (χ2v) is 6.88. The minimum atomic E-state index is -0.502. The molecule has 0 spiro atoms. The molecule has 0 radical (unpaired) electrons. The predicted octanol–water partition coefficient (Wildman–Crippen LogP) is 5.59. The number of benzene rings is 2. The lowest BCUT2D eigenvalue weighted by Crippen LogP contribution is -2.34. The van der Waals surface area contributed by atoms with E-state index >= 15 is 0 Å². The molecule has 1 amide bonds. The maximum atomic E-state index is 11.8. The maximum Gasteiger partial charge on any atom is 0.408 e. The Morgan fingerprint density at radius 3 is 2.26 bits per heavy atom. The molecule has 0 aromatic heterocycles. The summed E-state index contributed by atoms with van der Waals surface area (Å²) in [5.74, 6) is 0. The van der Waals surface area contributed by atoms with Crippen molar-refractivity contribution in [1.82, 2.24) is 5.32 Å². The molecule has 0 fully saturated rings. The number of hydrogen-bond acceptors (Lipinski definition) is 2. The Morgan fingerprint density at radius 2 is 1.70 bits per heavy atom. The summed E-state index contributed by atoms with van der Waals surface area (Å²) < 4.78 is 5.27. The summed E-state index contributed by atoms with van der Waals surface area (Å²) in [5.41, 5.74) is 2.54. The largest absolute Gasteiger partial charge is 0.444 e. The van der Waals surface area contributed by atoms with Gasteiger partial charge in [0.2, 0.25) is 0 Å². The molecule has 2 aromatic rings. The Hall–Kier alpha value is -2.00. The SMILES string of the molecule is C[C@H](NC(=O)OC(C)(C)C)c1ccc(-c2ccccc2Cl)cc1. The minimum absolute atomic E-state index is 0.134. The van der Waals surface area contributed by atoms with Crippen LogP contribution in [0.1, 0.15) is 39.3 Å². The van der Waals surface area contributed by atoms with E-state index in [0.29, 0.717) is 0 Å². The van der Waals surface area contributed by atoms with Gasteiger partial charge in [0.15, 0.2) is 0 Å². The Balaban J connectivity index is 2.07. The third kappa shape index (κ3) is 5.00. The summed E-state index contributed by atoms with van der Waals surface area (Å²) in [5, 5.41) is 3.56. The van der Waals surface area contributed by atoms with Crippen molar-refractivity contribution in [1.29, 1.82) is 0 Å². The van der Waals surface area contributed by atoms with Crippen molar-refractivity contribution in [3.05, 3.63) is 59.1 Å². The lowest BCUT2D eigenvalue weighted by atomic mass is 10.0. The van der Waals surface area contributed by atoms with E-state index in [2.05, 4.69) is 5.32 Å². The van der Waals surface area contributed by atoms with Gasteiger partial charge in [-0.05, 0) is 44.9 Å². The predicted molar refractivity (Wildman–Crippen MR) is 94.7 cm³/mol. The first-order chi connectivity index (χ1) is 10.8. The quantitative estimate of drug-likeness (QED) is 0.795. The molecule has 0 aliphatic carbocycles. The topological polar surface area (TPSA) is 38.3 Å². The van der Waals surface area contributed by atoms with Crippen LogP contribution >= 0.6 is 11.6 Å². The van der Waals surface area contributed by atoms with Gasteiger partial charge in [-0.15, -0.1) is 0 Å². The average Bonchev–Trinajstić information content (AvgIpc) is 2.46. The van der Waals surface area contributed by atoms with Crippen molar-refractivity contribution in [2.24, 2.45) is 0 Å². The number of rotatable bonds is 3. The molecule has 0 heterocycles. The highest BCUT2D eigenvalue weighted by Gasteiger charge is 2.18. The zero-order valence-corrected chi connectivity index (χ0v) is 14.6. The van der Waals surface area contributed by atoms with Crippen molar-refractivity contribution in [2.45, 2.75) is 39.3 Å². The molecule has 0 unspecified atom stereocenters. The zero-order valence-electron chi connectivity index (χ0n) is 13.9. The molecule has 23 heavy (non-hydrogen) atoms. The number of amides is 1. The van der Waals surface area contributed by atoms with Crippen molar-refractivity contribution < 1.29 is 9.53 Å². The smallest absolute Gasteiger partial charge is 0.408 e. The Morgan fingerprint density at radius 1 is 1.09 bits per heavy atom. The van der Waals surface area contributed by atoms with E-state index in [0.717, 1.165) is 21.7 Å². The van der Waals surface area contributed by atoms with Crippen LogP contribution in [0.5, 0.6) is 0 Å². The molecule has 0 saturated carbocycles. The van der Waals surface area contributed by atoms with Crippen LogP contribution in [-0.4, -0.2) is 11.7 Å². The van der Waals surface area contributed by atoms with E-state index in [1.54, 1.807) is 0 Å². The zero-order chi connectivity index (χ0) is 17.0. The fraction of sp³-hybridized carbons (Fsp3) is 0.316. The molecule has 122 valence electrons. The van der Waals surface area contributed by atoms with Gasteiger partial charge in [-0.1, -0.05) is 54.1 Å². The first kappa shape index (κ1) is 17.4. The Labute approximate surface area is 142 Å². The number of nitrogens with one attached hydrogen (secondary N) is 1. The van der Waals surface area contributed by atoms with E-state index in [4.69, 9.17) is 16.3 Å². The normalized spacial score (nSPS) is 12.6. The number of alkyl carbamates (subject to hydrolysis) is 1. The fourth-order valence-electron chi connectivity index (χ4n) is 2.21. The molecule has 1 N–H and O–H groups in total. The first-order valence-electron chi connectivity index (χ1n) is 7.60. The van der Waals surface area contributed by atoms with Crippen molar-refractivity contribution in [3.8, 4) is 11.1 Å². The highest BCUT2D eigenvalue weighted by molar-refractivity contribution is 6.33. The minimum Gasteiger partial charge on any atom is -0.444 e. The second kappa shape index (κ2) is 7.05. The lowest BCUT2D eigenvalue weighted by Gasteiger charge is -2.22. The molecule has 0 aliphatic heterocycles. The molecule has 2 rings (SSSR count). The van der Waals surface area contributed by atoms with Crippen LogP contribution in [0, 0.1) is 0 Å². The van der Waals surface area contributed by atoms with E-state index in [1.165, 1.54) is 0 Å². The molecule has 0 bridgehead atoms. The van der Waals surface area contributed by atoms with Crippen molar-refractivity contribution in [3.63, 3.8) is 0 Å². The summed E-state index contributed by atoms with van der Waals surface area (Å²) in [6, 6.07) is 15.6. The third-order valence-electron chi connectivity index (χ3n) is 3.33. The van der Waals surface area contributed by atoms with Crippen LogP contribution in [0.25, 0.3) is 11.1 Å². The van der Waals surface area contributed by atoms with Crippen LogP contribution in [0.15, 0.2) is 48.5 Å². The number of carbonyl (C=O) groups excluding carboxylic acids is 1. The fourth-order valence-corrected chi connectivity index (χ4v) is 2.46. The van der Waals surface area contributed by atoms with Gasteiger partial charge in [-0.2, -0.15) is 0 Å². The molecule has 1 atom stereocenters. The highest BCUT2D eigenvalue weighted by atomic mass is 35.5. The third-order valence-corrected chi connectivity index (χ3v) is 3.66. The van der Waals surface area contributed by atoms with Crippen LogP contribution in [0.3, 0.4) is 0 Å². The highest BCUT2D eigenvalue weighted by Crippen LogP contribution is 2.28. The van der Waals surface area contributed by atoms with E-state index < -0.39 is 11.7 Å². The Kier molecular flexibility index (Phi) is 5.32. The van der Waals surface area contributed by atoms with Gasteiger partial charge in [0.25, 0.3) is 0 Å². The first-order valence-corrected chi connectivity index (χ1v) is 7.98. The number of hydrogen-bond donors (Lipinski definition) is 1. The maximum absolute atomic E-state index is 11.8. The summed E-state index contributed by atoms with van der Waals surface area (Å²) in [4.78, 5) is 11.8. The average molecular weight is 332 g/mol. The molecule has 2 aromatic carbocycles. The molecule has 4 heteroatoms. The molecule has 0 aliphatic rings. The van der Waals surface area contributed by atoms with Crippen LogP contribution in [-0.2, 0) is 4.74 Å². The van der Waals surface area contributed by atoms with Crippen LogP contribution in [0.2, 0.25) is 5.02 Å². The van der Waals surface area contributed by atoms with Crippen molar-refractivity contribution >= 4 is 17.7 Å². The summed E-state index contributed by atoms with van der Waals surface area (Å²) in [7, 11) is 0. The summed E-state index contributed by atoms with van der Waals surface area (Å²) in [6.07, 6.45) is -0.416. The van der Waals surface area contributed by atoms with E-state index in [9.17, 15) is 4.79 Å². The monoisotopic (exact) mass is 331 g/mol. The van der Waals surface area contributed by atoms with Gasteiger partial charge in [0.1, 0.15) is 5.60 Å². The van der Waals surface area contributed by atoms with Crippen molar-refractivity contribution in [2.75, 3.05) is 0 Å². The van der Waals surface area contributed by atoms with Crippen LogP contribution < -0.4 is 5.32 Å². The summed E-state index contributed by atoms with van der Waals surface area (Å²) >= 11 is 6.22. The van der Waals surface area contributed by atoms with Crippen LogP contribution in [0.4, 0.5) is 4.79 Å². The second-order valence-electron chi connectivity index (χ2n) is 6.47. The molecule has 3 nitrogen and oxygen atoms in total. The summed E-state index contributed by atoms with van der Waals surface area (Å²) in [6.45, 7) is 7.45. The van der Waals surface area contributed by atoms with E-state index in [1.807, 2.05) is 76.2 Å². The lowest BCUT2D eigenvalue weighted by molar-refractivity contribution is 0.0508. The van der Waals surface area contributed by atoms with E-state index in [-0.39, 0.29) is 6.04 Å². The van der Waals surface area contributed by atoms with Gasteiger partial charge in [0.05, 0.1) is 6.04 Å². The standard InChI is InChI=1S/C19H22ClNO2/c1-13(21-18(22)23-19(2,3)4)14-9-11-15(12-10-14)16-7-5-6-8-17(16)20/h5-13H,1-4H3,(H,21,22)/t13-/m0/s1. The van der Waals surface area contributed by atoms with Gasteiger partial charge in [-0.3, -0.25) is 0 Å². The molecular weight excluding hydrogens is 310 g/mol. The number of halogens is 1. The Bertz CT molecular complexity index is 675. The van der Waals surface area contributed by atoms with Gasteiger partial charge in [0, 0.05) is 10.6 Å². The molecular formula is C19H22ClNO2. The van der Waals surface area contributed by atoms with Gasteiger partial charge >= 0.3 is 6.09 Å². The molecule has 0 saturated heterocycles.